The van der Waals surface area contributed by atoms with E-state index in [1.165, 1.54) is 0 Å². The largest absolute Gasteiger partial charge is 0.490 e. The van der Waals surface area contributed by atoms with Gasteiger partial charge in [0.1, 0.15) is 0 Å². The van der Waals surface area contributed by atoms with Crippen molar-refractivity contribution < 1.29 is 19.7 Å². The maximum Gasteiger partial charge on any atom is 0.167 e. The molecule has 0 unspecified atom stereocenters. The van der Waals surface area contributed by atoms with E-state index in [4.69, 9.17) is 9.47 Å². The molecule has 0 bridgehead atoms. The van der Waals surface area contributed by atoms with Crippen LogP contribution in [0.25, 0.3) is 10.8 Å². The van der Waals surface area contributed by atoms with Crippen LogP contribution in [0, 0.1) is 0 Å². The Labute approximate surface area is 118 Å². The number of rotatable bonds is 6. The number of hydrogen-bond acceptors (Lipinski definition) is 4. The van der Waals surface area contributed by atoms with E-state index in [2.05, 4.69) is 0 Å². The lowest BCUT2D eigenvalue weighted by Crippen LogP contribution is -2.06. The second kappa shape index (κ2) is 6.59. The van der Waals surface area contributed by atoms with Gasteiger partial charge >= 0.3 is 0 Å². The van der Waals surface area contributed by atoms with Crippen LogP contribution in [-0.4, -0.2) is 23.4 Å². The van der Waals surface area contributed by atoms with Crippen LogP contribution in [0.2, 0.25) is 0 Å². The average Bonchev–Trinajstić information content (AvgIpc) is 2.48. The molecule has 2 rings (SSSR count). The molecule has 0 atom stereocenters. The Morgan fingerprint density at radius 3 is 1.50 bits per heavy atom. The Morgan fingerprint density at radius 1 is 0.800 bits per heavy atom. The van der Waals surface area contributed by atoms with Crippen LogP contribution in [0.3, 0.4) is 0 Å². The zero-order valence-electron chi connectivity index (χ0n) is 11.8. The van der Waals surface area contributed by atoms with Crippen molar-refractivity contribution in [2.24, 2.45) is 0 Å². The Morgan fingerprint density at radius 2 is 1.20 bits per heavy atom. The minimum Gasteiger partial charge on any atom is -0.490 e. The number of aliphatic hydroxyl groups excluding tert-OH is 2. The molecule has 4 nitrogen and oxygen atoms in total. The van der Waals surface area contributed by atoms with E-state index in [1.807, 2.05) is 38.1 Å². The van der Waals surface area contributed by atoms with E-state index in [0.717, 1.165) is 10.8 Å². The van der Waals surface area contributed by atoms with Crippen molar-refractivity contribution >= 4 is 10.8 Å². The highest BCUT2D eigenvalue weighted by atomic mass is 16.5. The molecule has 0 aliphatic carbocycles. The predicted molar refractivity (Wildman–Crippen MR) is 78.1 cm³/mol. The van der Waals surface area contributed by atoms with Gasteiger partial charge in [-0.05, 0) is 24.6 Å². The van der Waals surface area contributed by atoms with Gasteiger partial charge in [-0.2, -0.15) is 0 Å². The molecule has 0 aromatic heterocycles. The third kappa shape index (κ3) is 2.44. The standard InChI is InChI=1S/C16H20O4/c1-3-19-15-13(9-17)11-7-5-6-8-12(11)14(10-18)16(15)20-4-2/h5-8,17-18H,3-4,9-10H2,1-2H3. The quantitative estimate of drug-likeness (QED) is 0.851. The Balaban J connectivity index is 2.85. The molecule has 0 saturated carbocycles. The second-order valence-corrected chi connectivity index (χ2v) is 4.34. The summed E-state index contributed by atoms with van der Waals surface area (Å²) in [6.07, 6.45) is 0. The van der Waals surface area contributed by atoms with Gasteiger partial charge in [-0.1, -0.05) is 24.3 Å². The van der Waals surface area contributed by atoms with E-state index in [9.17, 15) is 10.2 Å². The first-order valence-electron chi connectivity index (χ1n) is 6.82. The van der Waals surface area contributed by atoms with Crippen molar-refractivity contribution in [2.75, 3.05) is 13.2 Å². The molecule has 0 aliphatic rings. The predicted octanol–water partition coefficient (Wildman–Crippen LogP) is 2.62. The minimum atomic E-state index is -0.137. The first-order valence-corrected chi connectivity index (χ1v) is 6.82. The van der Waals surface area contributed by atoms with Gasteiger partial charge < -0.3 is 19.7 Å². The van der Waals surface area contributed by atoms with Crippen LogP contribution in [-0.2, 0) is 13.2 Å². The summed E-state index contributed by atoms with van der Waals surface area (Å²) in [5.74, 6) is 1.05. The molecule has 0 fully saturated rings. The van der Waals surface area contributed by atoms with Crippen LogP contribution in [0.4, 0.5) is 0 Å². The summed E-state index contributed by atoms with van der Waals surface area (Å²) in [5.41, 5.74) is 1.39. The molecule has 2 aromatic carbocycles. The molecular weight excluding hydrogens is 256 g/mol. The van der Waals surface area contributed by atoms with Crippen molar-refractivity contribution in [1.29, 1.82) is 0 Å². The molecule has 4 heteroatoms. The highest BCUT2D eigenvalue weighted by Crippen LogP contribution is 2.42. The van der Waals surface area contributed by atoms with Crippen molar-refractivity contribution in [2.45, 2.75) is 27.1 Å². The number of aliphatic hydroxyl groups is 2. The van der Waals surface area contributed by atoms with Crippen LogP contribution in [0.5, 0.6) is 11.5 Å². The van der Waals surface area contributed by atoms with E-state index in [1.54, 1.807) is 0 Å². The SMILES string of the molecule is CCOc1c(OCC)c(CO)c2ccccc2c1CO. The number of ether oxygens (including phenoxy) is 2. The van der Waals surface area contributed by atoms with Crippen molar-refractivity contribution in [3.05, 3.63) is 35.4 Å². The number of fused-ring (bicyclic) bond motifs is 1. The third-order valence-electron chi connectivity index (χ3n) is 3.23. The first kappa shape index (κ1) is 14.6. The lowest BCUT2D eigenvalue weighted by atomic mass is 9.97. The van der Waals surface area contributed by atoms with Crippen molar-refractivity contribution in [1.82, 2.24) is 0 Å². The lowest BCUT2D eigenvalue weighted by molar-refractivity contribution is 0.244. The summed E-state index contributed by atoms with van der Waals surface area (Å²) in [6, 6.07) is 7.63. The first-order chi connectivity index (χ1) is 9.78. The third-order valence-corrected chi connectivity index (χ3v) is 3.23. The van der Waals surface area contributed by atoms with Crippen LogP contribution < -0.4 is 9.47 Å². The van der Waals surface area contributed by atoms with Crippen molar-refractivity contribution in [3.8, 4) is 11.5 Å². The summed E-state index contributed by atoms with van der Waals surface area (Å²) in [5, 5.41) is 21.2. The van der Waals surface area contributed by atoms with Gasteiger partial charge in [0.25, 0.3) is 0 Å². The van der Waals surface area contributed by atoms with Gasteiger partial charge in [-0.3, -0.25) is 0 Å². The maximum atomic E-state index is 9.70. The van der Waals surface area contributed by atoms with Crippen LogP contribution in [0.1, 0.15) is 25.0 Å². The van der Waals surface area contributed by atoms with Gasteiger partial charge in [0.2, 0.25) is 0 Å². The van der Waals surface area contributed by atoms with Gasteiger partial charge in [0, 0.05) is 11.1 Å². The molecule has 0 spiro atoms. The normalized spacial score (nSPS) is 10.8. The fourth-order valence-corrected chi connectivity index (χ4v) is 2.44. The molecule has 20 heavy (non-hydrogen) atoms. The van der Waals surface area contributed by atoms with Gasteiger partial charge in [-0.15, -0.1) is 0 Å². The summed E-state index contributed by atoms with van der Waals surface area (Å²) >= 11 is 0. The van der Waals surface area contributed by atoms with Crippen LogP contribution in [0.15, 0.2) is 24.3 Å². The Bertz CT molecular complexity index is 540. The Kier molecular flexibility index (Phi) is 4.82. The molecular formula is C16H20O4. The smallest absolute Gasteiger partial charge is 0.167 e. The van der Waals surface area contributed by atoms with E-state index >= 15 is 0 Å². The Hall–Kier alpha value is -1.78. The molecule has 0 aliphatic heterocycles. The van der Waals surface area contributed by atoms with Gasteiger partial charge in [-0.25, -0.2) is 0 Å². The van der Waals surface area contributed by atoms with E-state index in [-0.39, 0.29) is 13.2 Å². The molecule has 2 N–H and O–H groups in total. The molecule has 0 heterocycles. The fourth-order valence-electron chi connectivity index (χ4n) is 2.44. The minimum absolute atomic E-state index is 0.137. The summed E-state index contributed by atoms with van der Waals surface area (Å²) < 4.78 is 11.3. The zero-order chi connectivity index (χ0) is 14.5. The van der Waals surface area contributed by atoms with E-state index in [0.29, 0.717) is 35.8 Å². The monoisotopic (exact) mass is 276 g/mol. The van der Waals surface area contributed by atoms with Crippen molar-refractivity contribution in [3.63, 3.8) is 0 Å². The number of hydrogen-bond donors (Lipinski definition) is 2. The number of benzene rings is 2. The zero-order valence-corrected chi connectivity index (χ0v) is 11.8. The summed E-state index contributed by atoms with van der Waals surface area (Å²) in [4.78, 5) is 0. The fraction of sp³-hybridized carbons (Fsp3) is 0.375. The highest BCUT2D eigenvalue weighted by molar-refractivity contribution is 5.93. The topological polar surface area (TPSA) is 58.9 Å². The summed E-state index contributed by atoms with van der Waals surface area (Å²) in [6.45, 7) is 4.42. The summed E-state index contributed by atoms with van der Waals surface area (Å²) in [7, 11) is 0. The maximum absolute atomic E-state index is 9.70. The molecule has 2 aromatic rings. The second-order valence-electron chi connectivity index (χ2n) is 4.34. The lowest BCUT2D eigenvalue weighted by Gasteiger charge is -2.20. The molecule has 0 saturated heterocycles. The van der Waals surface area contributed by atoms with Gasteiger partial charge in [0.15, 0.2) is 11.5 Å². The van der Waals surface area contributed by atoms with E-state index < -0.39 is 0 Å². The molecule has 0 amide bonds. The molecule has 0 radical (unpaired) electrons. The van der Waals surface area contributed by atoms with Crippen LogP contribution >= 0.6 is 0 Å². The average molecular weight is 276 g/mol. The molecule has 108 valence electrons. The van der Waals surface area contributed by atoms with Gasteiger partial charge in [0.05, 0.1) is 26.4 Å². The highest BCUT2D eigenvalue weighted by Gasteiger charge is 2.20.